The molecule has 0 spiro atoms. The lowest BCUT2D eigenvalue weighted by Gasteiger charge is -2.18. The maximum absolute atomic E-state index is 12.4. The number of para-hydroxylation sites is 1. The van der Waals surface area contributed by atoms with Gasteiger partial charge in [0.2, 0.25) is 0 Å². The zero-order chi connectivity index (χ0) is 21.2. The molecule has 0 aliphatic heterocycles. The molecule has 2 aromatic rings. The molecule has 0 aliphatic carbocycles. The molecule has 0 fully saturated rings. The van der Waals surface area contributed by atoms with Crippen molar-refractivity contribution in [3.63, 3.8) is 0 Å². The van der Waals surface area contributed by atoms with Crippen molar-refractivity contribution in [1.82, 2.24) is 10.3 Å². The van der Waals surface area contributed by atoms with E-state index in [1.165, 1.54) is 19.4 Å². The number of hydrogen-bond donors (Lipinski definition) is 1. The third kappa shape index (κ3) is 6.91. The van der Waals surface area contributed by atoms with Crippen molar-refractivity contribution in [3.8, 4) is 11.5 Å². The zero-order valence-corrected chi connectivity index (χ0v) is 16.6. The Labute approximate surface area is 169 Å². The van der Waals surface area contributed by atoms with E-state index in [-0.39, 0.29) is 17.2 Å². The van der Waals surface area contributed by atoms with Crippen molar-refractivity contribution in [2.75, 3.05) is 13.7 Å². The molecule has 154 valence electrons. The van der Waals surface area contributed by atoms with E-state index in [0.29, 0.717) is 12.2 Å². The third-order valence-electron chi connectivity index (χ3n) is 3.83. The van der Waals surface area contributed by atoms with Gasteiger partial charge in [-0.2, -0.15) is 0 Å². The van der Waals surface area contributed by atoms with Crippen LogP contribution < -0.4 is 10.1 Å². The van der Waals surface area contributed by atoms with Crippen LogP contribution in [-0.4, -0.2) is 42.6 Å². The molecule has 0 bridgehead atoms. The van der Waals surface area contributed by atoms with Crippen molar-refractivity contribution in [3.05, 3.63) is 54.4 Å². The minimum Gasteiger partial charge on any atom is -0.467 e. The Morgan fingerprint density at radius 2 is 1.86 bits per heavy atom. The number of ether oxygens (including phenoxy) is 3. The van der Waals surface area contributed by atoms with Gasteiger partial charge in [-0.25, -0.2) is 9.59 Å². The molecule has 8 nitrogen and oxygen atoms in total. The van der Waals surface area contributed by atoms with E-state index in [4.69, 9.17) is 14.2 Å². The summed E-state index contributed by atoms with van der Waals surface area (Å²) in [6.07, 6.45) is 3.53. The number of nitrogens with one attached hydrogen (secondary N) is 1. The standard InChI is InChI=1S/C21H24N2O6/c1-14(2)11-17(21(26)27-3)23-19(24)13-28-20(25)16-8-4-5-9-18(16)29-15-7-6-10-22-12-15/h4-10,12,14,17H,11,13H2,1-3H3,(H,23,24). The second kappa shape index (κ2) is 10.8. The van der Waals surface area contributed by atoms with Crippen LogP contribution in [-0.2, 0) is 19.1 Å². The molecule has 1 atom stereocenters. The van der Waals surface area contributed by atoms with Gasteiger partial charge in [-0.15, -0.1) is 0 Å². The molecule has 2 rings (SSSR count). The minimum absolute atomic E-state index is 0.163. The maximum atomic E-state index is 12.4. The van der Waals surface area contributed by atoms with Crippen LogP contribution in [0, 0.1) is 5.92 Å². The second-order valence-corrected chi connectivity index (χ2v) is 6.64. The number of carbonyl (C=O) groups excluding carboxylic acids is 3. The fraction of sp³-hybridized carbons (Fsp3) is 0.333. The summed E-state index contributed by atoms with van der Waals surface area (Å²) >= 11 is 0. The maximum Gasteiger partial charge on any atom is 0.342 e. The van der Waals surface area contributed by atoms with Gasteiger partial charge in [0.15, 0.2) is 6.61 Å². The van der Waals surface area contributed by atoms with Crippen LogP contribution in [0.3, 0.4) is 0 Å². The summed E-state index contributed by atoms with van der Waals surface area (Å²) in [6.45, 7) is 3.30. The number of benzene rings is 1. The molecular weight excluding hydrogens is 376 g/mol. The minimum atomic E-state index is -0.799. The molecule has 29 heavy (non-hydrogen) atoms. The first-order chi connectivity index (χ1) is 13.9. The molecule has 8 heteroatoms. The largest absolute Gasteiger partial charge is 0.467 e. The molecule has 0 saturated carbocycles. The predicted molar refractivity (Wildman–Crippen MR) is 104 cm³/mol. The number of esters is 2. The van der Waals surface area contributed by atoms with E-state index in [1.807, 2.05) is 13.8 Å². The molecule has 0 aliphatic rings. The van der Waals surface area contributed by atoms with Crippen molar-refractivity contribution in [2.24, 2.45) is 5.92 Å². The Bertz CT molecular complexity index is 838. The molecular formula is C21H24N2O6. The van der Waals surface area contributed by atoms with E-state index in [2.05, 4.69) is 10.3 Å². The van der Waals surface area contributed by atoms with E-state index in [0.717, 1.165) is 0 Å². The van der Waals surface area contributed by atoms with Gasteiger partial charge in [-0.3, -0.25) is 9.78 Å². The van der Waals surface area contributed by atoms with Crippen molar-refractivity contribution >= 4 is 17.8 Å². The van der Waals surface area contributed by atoms with Crippen LogP contribution >= 0.6 is 0 Å². The van der Waals surface area contributed by atoms with Gasteiger partial charge >= 0.3 is 11.9 Å². The van der Waals surface area contributed by atoms with Gasteiger partial charge < -0.3 is 19.5 Å². The van der Waals surface area contributed by atoms with Crippen LogP contribution in [0.4, 0.5) is 0 Å². The Hall–Kier alpha value is -3.42. The summed E-state index contributed by atoms with van der Waals surface area (Å²) in [5.74, 6) is -0.969. The summed E-state index contributed by atoms with van der Waals surface area (Å²) < 4.78 is 15.5. The van der Waals surface area contributed by atoms with Gasteiger partial charge in [0.25, 0.3) is 5.91 Å². The van der Waals surface area contributed by atoms with Crippen molar-refractivity contribution in [2.45, 2.75) is 26.3 Å². The first-order valence-electron chi connectivity index (χ1n) is 9.12. The highest BCUT2D eigenvalue weighted by Crippen LogP contribution is 2.25. The SMILES string of the molecule is COC(=O)C(CC(C)C)NC(=O)COC(=O)c1ccccc1Oc1cccnc1. The summed E-state index contributed by atoms with van der Waals surface area (Å²) in [5.41, 5.74) is 0.163. The molecule has 1 heterocycles. The van der Waals surface area contributed by atoms with E-state index in [9.17, 15) is 14.4 Å². The highest BCUT2D eigenvalue weighted by atomic mass is 16.5. The van der Waals surface area contributed by atoms with Gasteiger partial charge in [-0.05, 0) is 36.6 Å². The average Bonchev–Trinajstić information content (AvgIpc) is 2.71. The Morgan fingerprint density at radius 3 is 2.52 bits per heavy atom. The molecule has 1 unspecified atom stereocenters. The Balaban J connectivity index is 1.98. The molecule has 0 radical (unpaired) electrons. The Kier molecular flexibility index (Phi) is 8.14. The highest BCUT2D eigenvalue weighted by Gasteiger charge is 2.23. The second-order valence-electron chi connectivity index (χ2n) is 6.64. The van der Waals surface area contributed by atoms with E-state index in [1.54, 1.807) is 36.5 Å². The number of rotatable bonds is 9. The van der Waals surface area contributed by atoms with E-state index < -0.39 is 30.5 Å². The number of amides is 1. The average molecular weight is 400 g/mol. The van der Waals surface area contributed by atoms with E-state index >= 15 is 0 Å². The lowest BCUT2D eigenvalue weighted by molar-refractivity contribution is -0.145. The smallest absolute Gasteiger partial charge is 0.342 e. The molecule has 1 aromatic heterocycles. The van der Waals surface area contributed by atoms with Crippen LogP contribution in [0.1, 0.15) is 30.6 Å². The molecule has 1 aromatic carbocycles. The summed E-state index contributed by atoms with van der Waals surface area (Å²) in [7, 11) is 1.25. The van der Waals surface area contributed by atoms with Gasteiger partial charge in [0, 0.05) is 6.20 Å². The van der Waals surface area contributed by atoms with Gasteiger partial charge in [0.1, 0.15) is 23.1 Å². The van der Waals surface area contributed by atoms with Crippen LogP contribution in [0.15, 0.2) is 48.8 Å². The first-order valence-corrected chi connectivity index (χ1v) is 9.12. The fourth-order valence-corrected chi connectivity index (χ4v) is 2.53. The van der Waals surface area contributed by atoms with Gasteiger partial charge in [-0.1, -0.05) is 26.0 Å². The number of carbonyl (C=O) groups is 3. The highest BCUT2D eigenvalue weighted by molar-refractivity contribution is 5.94. The quantitative estimate of drug-likeness (QED) is 0.646. The van der Waals surface area contributed by atoms with Crippen LogP contribution in [0.25, 0.3) is 0 Å². The summed E-state index contributed by atoms with van der Waals surface area (Å²) in [4.78, 5) is 40.3. The summed E-state index contributed by atoms with van der Waals surface area (Å²) in [6, 6.07) is 9.11. The number of hydrogen-bond acceptors (Lipinski definition) is 7. The monoisotopic (exact) mass is 400 g/mol. The normalized spacial score (nSPS) is 11.4. The first kappa shape index (κ1) is 21.9. The zero-order valence-electron chi connectivity index (χ0n) is 16.6. The molecule has 1 N–H and O–H groups in total. The summed E-state index contributed by atoms with van der Waals surface area (Å²) in [5, 5.41) is 2.53. The van der Waals surface area contributed by atoms with Crippen molar-refractivity contribution < 1.29 is 28.6 Å². The van der Waals surface area contributed by atoms with Gasteiger partial charge in [0.05, 0.1) is 13.3 Å². The number of methoxy groups -OCH3 is 1. The third-order valence-corrected chi connectivity index (χ3v) is 3.83. The molecule has 1 amide bonds. The lowest BCUT2D eigenvalue weighted by atomic mass is 10.0. The van der Waals surface area contributed by atoms with Crippen LogP contribution in [0.5, 0.6) is 11.5 Å². The predicted octanol–water partition coefficient (Wildman–Crippen LogP) is 2.73. The van der Waals surface area contributed by atoms with Crippen molar-refractivity contribution in [1.29, 1.82) is 0 Å². The lowest BCUT2D eigenvalue weighted by Crippen LogP contribution is -2.44. The number of pyridine rings is 1. The fourth-order valence-electron chi connectivity index (χ4n) is 2.53. The molecule has 0 saturated heterocycles. The number of aromatic nitrogens is 1. The Morgan fingerprint density at radius 1 is 1.10 bits per heavy atom. The topological polar surface area (TPSA) is 104 Å². The number of nitrogens with zero attached hydrogens (tertiary/aromatic N) is 1. The van der Waals surface area contributed by atoms with Crippen LogP contribution in [0.2, 0.25) is 0 Å².